The molecule has 0 unspecified atom stereocenters. The molecule has 166 valence electrons. The number of carbonyl (C=O) groups is 2. The molecule has 1 aromatic rings. The SMILES string of the molecule is CC(C)OC(=O)N1CCC(CCCOc2ccc(N3CCN(C)C3=O)c(F)c2)CC1. The maximum absolute atomic E-state index is 14.4. The Hall–Kier alpha value is -2.51. The molecule has 2 aliphatic heterocycles. The van der Waals surface area contributed by atoms with Crippen LogP contribution in [-0.4, -0.2) is 67.9 Å². The van der Waals surface area contributed by atoms with Crippen LogP contribution in [0, 0.1) is 11.7 Å². The number of urea groups is 1. The van der Waals surface area contributed by atoms with E-state index < -0.39 is 5.82 Å². The van der Waals surface area contributed by atoms with E-state index in [0.717, 1.165) is 38.8 Å². The van der Waals surface area contributed by atoms with Crippen LogP contribution in [0.25, 0.3) is 0 Å². The van der Waals surface area contributed by atoms with Crippen molar-refractivity contribution in [1.82, 2.24) is 9.80 Å². The molecule has 1 aromatic carbocycles. The summed E-state index contributed by atoms with van der Waals surface area (Å²) in [6, 6.07) is 4.47. The number of anilines is 1. The second-order valence-electron chi connectivity index (χ2n) is 8.32. The van der Waals surface area contributed by atoms with E-state index in [9.17, 15) is 14.0 Å². The number of likely N-dealkylation sites (tertiary alicyclic amines) is 1. The first kappa shape index (κ1) is 22.2. The second-order valence-corrected chi connectivity index (χ2v) is 8.32. The van der Waals surface area contributed by atoms with Crippen molar-refractivity contribution in [2.24, 2.45) is 5.92 Å². The molecule has 2 saturated heterocycles. The fourth-order valence-corrected chi connectivity index (χ4v) is 3.91. The van der Waals surface area contributed by atoms with Crippen LogP contribution in [0.3, 0.4) is 0 Å². The van der Waals surface area contributed by atoms with Crippen LogP contribution in [-0.2, 0) is 4.74 Å². The van der Waals surface area contributed by atoms with E-state index in [-0.39, 0.29) is 18.2 Å². The van der Waals surface area contributed by atoms with Crippen molar-refractivity contribution in [1.29, 1.82) is 0 Å². The first-order chi connectivity index (χ1) is 14.3. The summed E-state index contributed by atoms with van der Waals surface area (Å²) >= 11 is 0. The van der Waals surface area contributed by atoms with Crippen LogP contribution >= 0.6 is 0 Å². The maximum Gasteiger partial charge on any atom is 0.410 e. The lowest BCUT2D eigenvalue weighted by Gasteiger charge is -2.31. The van der Waals surface area contributed by atoms with Crippen molar-refractivity contribution in [2.45, 2.75) is 45.6 Å². The van der Waals surface area contributed by atoms with E-state index in [0.29, 0.717) is 37.1 Å². The Morgan fingerprint density at radius 1 is 1.20 bits per heavy atom. The van der Waals surface area contributed by atoms with E-state index in [4.69, 9.17) is 9.47 Å². The Bertz CT molecular complexity index is 750. The molecule has 30 heavy (non-hydrogen) atoms. The molecule has 0 bridgehead atoms. The van der Waals surface area contributed by atoms with Gasteiger partial charge in [0.1, 0.15) is 5.75 Å². The van der Waals surface area contributed by atoms with E-state index in [2.05, 4.69) is 0 Å². The Kier molecular flexibility index (Phi) is 7.39. The van der Waals surface area contributed by atoms with E-state index in [1.54, 1.807) is 29.0 Å². The van der Waals surface area contributed by atoms with Gasteiger partial charge in [0.2, 0.25) is 0 Å². The molecule has 0 atom stereocenters. The summed E-state index contributed by atoms with van der Waals surface area (Å²) in [5.41, 5.74) is 0.291. The zero-order valence-corrected chi connectivity index (χ0v) is 18.1. The summed E-state index contributed by atoms with van der Waals surface area (Å²) in [4.78, 5) is 28.8. The van der Waals surface area contributed by atoms with Crippen LogP contribution < -0.4 is 9.64 Å². The van der Waals surface area contributed by atoms with Crippen LogP contribution in [0.2, 0.25) is 0 Å². The van der Waals surface area contributed by atoms with Gasteiger partial charge in [0.25, 0.3) is 0 Å². The lowest BCUT2D eigenvalue weighted by atomic mass is 9.92. The Morgan fingerprint density at radius 3 is 2.53 bits per heavy atom. The lowest BCUT2D eigenvalue weighted by molar-refractivity contribution is 0.0643. The van der Waals surface area contributed by atoms with Crippen molar-refractivity contribution >= 4 is 17.8 Å². The van der Waals surface area contributed by atoms with Gasteiger partial charge in [0.15, 0.2) is 5.82 Å². The molecule has 0 saturated carbocycles. The normalized spacial score (nSPS) is 17.8. The van der Waals surface area contributed by atoms with Gasteiger partial charge in [-0.3, -0.25) is 4.90 Å². The molecule has 8 heteroatoms. The number of likely N-dealkylation sites (N-methyl/N-ethyl adjacent to an activating group) is 1. The molecule has 0 aromatic heterocycles. The number of amides is 3. The van der Waals surface area contributed by atoms with Gasteiger partial charge in [-0.15, -0.1) is 0 Å². The van der Waals surface area contributed by atoms with Gasteiger partial charge in [0, 0.05) is 39.3 Å². The number of halogens is 1. The van der Waals surface area contributed by atoms with Gasteiger partial charge >= 0.3 is 12.1 Å². The maximum atomic E-state index is 14.4. The van der Waals surface area contributed by atoms with Crippen LogP contribution in [0.1, 0.15) is 39.5 Å². The monoisotopic (exact) mass is 421 g/mol. The van der Waals surface area contributed by atoms with Crippen LogP contribution in [0.4, 0.5) is 19.7 Å². The van der Waals surface area contributed by atoms with Crippen molar-refractivity contribution in [3.63, 3.8) is 0 Å². The molecule has 3 amide bonds. The number of ether oxygens (including phenoxy) is 2. The number of hydrogen-bond donors (Lipinski definition) is 0. The summed E-state index contributed by atoms with van der Waals surface area (Å²) in [6.07, 6.45) is 3.51. The predicted molar refractivity (Wildman–Crippen MR) is 112 cm³/mol. The summed E-state index contributed by atoms with van der Waals surface area (Å²) < 4.78 is 25.4. The largest absolute Gasteiger partial charge is 0.493 e. The van der Waals surface area contributed by atoms with Crippen molar-refractivity contribution in [3.8, 4) is 5.75 Å². The topological polar surface area (TPSA) is 62.3 Å². The van der Waals surface area contributed by atoms with Gasteiger partial charge in [-0.1, -0.05) is 0 Å². The third kappa shape index (κ3) is 5.55. The summed E-state index contributed by atoms with van der Waals surface area (Å²) in [5.74, 6) is 0.591. The van der Waals surface area contributed by atoms with Gasteiger partial charge in [-0.05, 0) is 57.6 Å². The second kappa shape index (κ2) is 10.00. The number of rotatable bonds is 7. The fourth-order valence-electron chi connectivity index (χ4n) is 3.91. The standard InChI is InChI=1S/C22H32FN3O4/c1-16(2)30-22(28)25-10-8-17(9-11-25)5-4-14-29-18-6-7-20(19(23)15-18)26-13-12-24(3)21(26)27/h6-7,15-17H,4-5,8-14H2,1-3H3. The number of piperidine rings is 1. The number of nitrogens with zero attached hydrogens (tertiary/aromatic N) is 3. The van der Waals surface area contributed by atoms with Crippen molar-refractivity contribution < 1.29 is 23.5 Å². The van der Waals surface area contributed by atoms with E-state index in [1.807, 2.05) is 13.8 Å². The molecular weight excluding hydrogens is 389 g/mol. The Labute approximate surface area is 177 Å². The van der Waals surface area contributed by atoms with Crippen LogP contribution in [0.5, 0.6) is 5.75 Å². The van der Waals surface area contributed by atoms with Crippen molar-refractivity contribution in [2.75, 3.05) is 44.7 Å². The molecule has 0 radical (unpaired) electrons. The van der Waals surface area contributed by atoms with E-state index in [1.165, 1.54) is 11.0 Å². The highest BCUT2D eigenvalue weighted by Gasteiger charge is 2.28. The molecule has 0 spiro atoms. The minimum absolute atomic E-state index is 0.0940. The minimum Gasteiger partial charge on any atom is -0.493 e. The van der Waals surface area contributed by atoms with Gasteiger partial charge in [-0.2, -0.15) is 0 Å². The molecule has 0 aliphatic carbocycles. The molecule has 2 aliphatic rings. The molecule has 2 fully saturated rings. The highest BCUT2D eigenvalue weighted by Crippen LogP contribution is 2.27. The number of hydrogen-bond acceptors (Lipinski definition) is 4. The molecular formula is C22H32FN3O4. The lowest BCUT2D eigenvalue weighted by Crippen LogP contribution is -2.39. The van der Waals surface area contributed by atoms with Crippen LogP contribution in [0.15, 0.2) is 18.2 Å². The predicted octanol–water partition coefficient (Wildman–Crippen LogP) is 4.11. The zero-order chi connectivity index (χ0) is 21.7. The molecule has 2 heterocycles. The van der Waals surface area contributed by atoms with Gasteiger partial charge < -0.3 is 19.3 Å². The third-order valence-electron chi connectivity index (χ3n) is 5.66. The minimum atomic E-state index is -0.447. The van der Waals surface area contributed by atoms with Gasteiger partial charge in [0.05, 0.1) is 18.4 Å². The third-order valence-corrected chi connectivity index (χ3v) is 5.66. The highest BCUT2D eigenvalue weighted by molar-refractivity contribution is 5.94. The highest BCUT2D eigenvalue weighted by atomic mass is 19.1. The Morgan fingerprint density at radius 2 is 1.93 bits per heavy atom. The average molecular weight is 422 g/mol. The first-order valence-corrected chi connectivity index (χ1v) is 10.8. The van der Waals surface area contributed by atoms with E-state index >= 15 is 0 Å². The number of benzene rings is 1. The van der Waals surface area contributed by atoms with Gasteiger partial charge in [-0.25, -0.2) is 14.0 Å². The quantitative estimate of drug-likeness (QED) is 0.622. The first-order valence-electron chi connectivity index (χ1n) is 10.8. The molecule has 3 rings (SSSR count). The average Bonchev–Trinajstić information content (AvgIpc) is 3.04. The molecule has 7 nitrogen and oxygen atoms in total. The summed E-state index contributed by atoms with van der Waals surface area (Å²) in [6.45, 7) is 6.76. The zero-order valence-electron chi connectivity index (χ0n) is 18.1. The van der Waals surface area contributed by atoms with Crippen molar-refractivity contribution in [3.05, 3.63) is 24.0 Å². The fraction of sp³-hybridized carbons (Fsp3) is 0.636. The molecule has 0 N–H and O–H groups in total. The number of carbonyl (C=O) groups excluding carboxylic acids is 2. The summed E-state index contributed by atoms with van der Waals surface area (Å²) in [7, 11) is 1.71. The Balaban J connectivity index is 1.38. The summed E-state index contributed by atoms with van der Waals surface area (Å²) in [5, 5.41) is 0. The smallest absolute Gasteiger partial charge is 0.410 e.